The molecule has 122 valence electrons. The van der Waals surface area contributed by atoms with Gasteiger partial charge in [-0.25, -0.2) is 17.6 Å². The first-order valence-corrected chi connectivity index (χ1v) is 8.09. The van der Waals surface area contributed by atoms with E-state index in [1.54, 1.807) is 6.07 Å². The summed E-state index contributed by atoms with van der Waals surface area (Å²) in [5.41, 5.74) is 0.938. The van der Waals surface area contributed by atoms with Crippen LogP contribution >= 0.6 is 12.6 Å². The number of benzene rings is 2. The molecule has 23 heavy (non-hydrogen) atoms. The number of halogens is 4. The first-order chi connectivity index (χ1) is 11.0. The molecule has 0 unspecified atom stereocenters. The third-order valence-corrected chi connectivity index (χ3v) is 4.97. The third kappa shape index (κ3) is 3.39. The molecule has 1 fully saturated rings. The average Bonchev–Trinajstić information content (AvgIpc) is 2.53. The molecular weight excluding hydrogens is 324 g/mol. The Labute approximate surface area is 137 Å². The van der Waals surface area contributed by atoms with Crippen LogP contribution in [0.2, 0.25) is 0 Å². The highest BCUT2D eigenvalue weighted by Gasteiger charge is 2.21. The Morgan fingerprint density at radius 2 is 1.39 bits per heavy atom. The second-order valence-corrected chi connectivity index (χ2v) is 6.73. The van der Waals surface area contributed by atoms with Crippen molar-refractivity contribution >= 4 is 12.6 Å². The minimum Gasteiger partial charge on any atom is -0.206 e. The highest BCUT2D eigenvalue weighted by molar-refractivity contribution is 7.80. The molecule has 1 aliphatic carbocycles. The van der Waals surface area contributed by atoms with E-state index >= 15 is 0 Å². The second-order valence-electron chi connectivity index (χ2n) is 6.00. The van der Waals surface area contributed by atoms with E-state index in [2.05, 4.69) is 12.6 Å². The van der Waals surface area contributed by atoms with Gasteiger partial charge in [-0.1, -0.05) is 12.1 Å². The maximum Gasteiger partial charge on any atom is 0.194 e. The first kappa shape index (κ1) is 16.4. The molecule has 0 aliphatic heterocycles. The lowest BCUT2D eigenvalue weighted by atomic mass is 9.83. The average molecular weight is 340 g/mol. The van der Waals surface area contributed by atoms with E-state index in [4.69, 9.17) is 0 Å². The van der Waals surface area contributed by atoms with Gasteiger partial charge in [-0.2, -0.15) is 12.6 Å². The molecule has 1 saturated carbocycles. The van der Waals surface area contributed by atoms with Crippen molar-refractivity contribution in [3.63, 3.8) is 0 Å². The van der Waals surface area contributed by atoms with Gasteiger partial charge in [-0.15, -0.1) is 0 Å². The van der Waals surface area contributed by atoms with Gasteiger partial charge >= 0.3 is 0 Å². The molecule has 0 amide bonds. The van der Waals surface area contributed by atoms with E-state index in [9.17, 15) is 17.6 Å². The lowest BCUT2D eigenvalue weighted by molar-refractivity contribution is 0.447. The van der Waals surface area contributed by atoms with Crippen LogP contribution in [-0.2, 0) is 0 Å². The van der Waals surface area contributed by atoms with Crippen molar-refractivity contribution in [2.45, 2.75) is 36.9 Å². The lowest BCUT2D eigenvalue weighted by Gasteiger charge is -2.26. The summed E-state index contributed by atoms with van der Waals surface area (Å²) in [6.45, 7) is 0. The normalized spacial score (nSPS) is 21.4. The number of hydrogen-bond donors (Lipinski definition) is 1. The van der Waals surface area contributed by atoms with Crippen LogP contribution in [0.4, 0.5) is 17.6 Å². The number of hydrogen-bond acceptors (Lipinski definition) is 1. The van der Waals surface area contributed by atoms with Gasteiger partial charge in [0.25, 0.3) is 0 Å². The lowest BCUT2D eigenvalue weighted by Crippen LogP contribution is -2.13. The van der Waals surface area contributed by atoms with Gasteiger partial charge in [0.2, 0.25) is 0 Å². The fourth-order valence-electron chi connectivity index (χ4n) is 3.14. The van der Waals surface area contributed by atoms with E-state index in [1.807, 2.05) is 0 Å². The highest BCUT2D eigenvalue weighted by Crippen LogP contribution is 2.36. The summed E-state index contributed by atoms with van der Waals surface area (Å²) in [6.07, 6.45) is 3.89. The summed E-state index contributed by atoms with van der Waals surface area (Å²) in [5.74, 6) is -4.47. The molecule has 0 aromatic heterocycles. The van der Waals surface area contributed by atoms with E-state index in [0.717, 1.165) is 43.4 Å². The van der Waals surface area contributed by atoms with Crippen LogP contribution in [0.25, 0.3) is 11.1 Å². The zero-order valence-electron chi connectivity index (χ0n) is 12.3. The molecule has 1 aliphatic rings. The molecule has 0 radical (unpaired) electrons. The van der Waals surface area contributed by atoms with Crippen molar-refractivity contribution < 1.29 is 17.6 Å². The van der Waals surface area contributed by atoms with Crippen molar-refractivity contribution in [2.75, 3.05) is 0 Å². The summed E-state index contributed by atoms with van der Waals surface area (Å²) in [6, 6.07) is 6.31. The van der Waals surface area contributed by atoms with Gasteiger partial charge < -0.3 is 0 Å². The Morgan fingerprint density at radius 1 is 0.783 bits per heavy atom. The van der Waals surface area contributed by atoms with Crippen molar-refractivity contribution in [1.29, 1.82) is 0 Å². The van der Waals surface area contributed by atoms with Crippen molar-refractivity contribution in [2.24, 2.45) is 0 Å². The summed E-state index contributed by atoms with van der Waals surface area (Å²) >= 11 is 4.45. The standard InChI is InChI=1S/C18H16F4S/c19-15-7-11(10-1-4-13(23)5-2-10)3-6-14(15)12-8-16(20)18(22)17(21)9-12/h3,6-10,13,23H,1-2,4-5H2. The van der Waals surface area contributed by atoms with E-state index in [0.29, 0.717) is 5.25 Å². The van der Waals surface area contributed by atoms with Crippen LogP contribution in [0.5, 0.6) is 0 Å². The minimum absolute atomic E-state index is 0.00971. The molecule has 0 nitrogen and oxygen atoms in total. The molecule has 5 heteroatoms. The minimum atomic E-state index is -1.55. The smallest absolute Gasteiger partial charge is 0.194 e. The molecule has 0 spiro atoms. The van der Waals surface area contributed by atoms with Crippen LogP contribution in [0.3, 0.4) is 0 Å². The van der Waals surface area contributed by atoms with Gasteiger partial charge in [0, 0.05) is 10.8 Å². The topological polar surface area (TPSA) is 0 Å². The Bertz CT molecular complexity index is 698. The van der Waals surface area contributed by atoms with Crippen molar-refractivity contribution in [1.82, 2.24) is 0 Å². The van der Waals surface area contributed by atoms with Gasteiger partial charge in [0.15, 0.2) is 17.5 Å². The Kier molecular flexibility index (Phi) is 4.67. The zero-order valence-corrected chi connectivity index (χ0v) is 13.2. The Morgan fingerprint density at radius 3 is 1.96 bits per heavy atom. The van der Waals surface area contributed by atoms with Crippen LogP contribution in [-0.4, -0.2) is 5.25 Å². The number of thiol groups is 1. The van der Waals surface area contributed by atoms with Gasteiger partial charge in [0.1, 0.15) is 5.82 Å². The maximum absolute atomic E-state index is 14.4. The molecule has 0 N–H and O–H groups in total. The highest BCUT2D eigenvalue weighted by atomic mass is 32.1. The Balaban J connectivity index is 1.91. The third-order valence-electron chi connectivity index (χ3n) is 4.46. The van der Waals surface area contributed by atoms with E-state index < -0.39 is 23.3 Å². The van der Waals surface area contributed by atoms with Gasteiger partial charge in [-0.05, 0) is 60.9 Å². The molecule has 2 aromatic carbocycles. The number of rotatable bonds is 2. The van der Waals surface area contributed by atoms with Crippen LogP contribution in [0, 0.1) is 23.3 Å². The van der Waals surface area contributed by atoms with Crippen molar-refractivity contribution in [3.05, 3.63) is 59.2 Å². The second kappa shape index (κ2) is 6.56. The SMILES string of the molecule is Fc1cc(C2CCC(S)CC2)ccc1-c1cc(F)c(F)c(F)c1. The molecule has 0 heterocycles. The van der Waals surface area contributed by atoms with Crippen LogP contribution < -0.4 is 0 Å². The predicted octanol–water partition coefficient (Wildman–Crippen LogP) is 5.87. The van der Waals surface area contributed by atoms with Crippen LogP contribution in [0.1, 0.15) is 37.2 Å². The first-order valence-electron chi connectivity index (χ1n) is 7.58. The monoisotopic (exact) mass is 340 g/mol. The molecule has 0 saturated heterocycles. The van der Waals surface area contributed by atoms with Crippen LogP contribution in [0.15, 0.2) is 30.3 Å². The van der Waals surface area contributed by atoms with Gasteiger partial charge in [-0.3, -0.25) is 0 Å². The maximum atomic E-state index is 14.4. The van der Waals surface area contributed by atoms with Gasteiger partial charge in [0.05, 0.1) is 0 Å². The fourth-order valence-corrected chi connectivity index (χ4v) is 3.44. The summed E-state index contributed by atoms with van der Waals surface area (Å²) in [5, 5.41) is 0.403. The summed E-state index contributed by atoms with van der Waals surface area (Å²) in [7, 11) is 0. The predicted molar refractivity (Wildman–Crippen MR) is 85.7 cm³/mol. The van der Waals surface area contributed by atoms with E-state index in [-0.39, 0.29) is 17.0 Å². The largest absolute Gasteiger partial charge is 0.206 e. The zero-order chi connectivity index (χ0) is 16.6. The van der Waals surface area contributed by atoms with Crippen molar-refractivity contribution in [3.8, 4) is 11.1 Å². The quantitative estimate of drug-likeness (QED) is 0.395. The summed E-state index contributed by atoms with van der Waals surface area (Å²) < 4.78 is 54.0. The molecule has 2 aromatic rings. The van der Waals surface area contributed by atoms with E-state index in [1.165, 1.54) is 12.1 Å². The molecular formula is C18H16F4S. The Hall–Kier alpha value is -1.49. The molecule has 3 rings (SSSR count). The summed E-state index contributed by atoms with van der Waals surface area (Å²) in [4.78, 5) is 0. The fraction of sp³-hybridized carbons (Fsp3) is 0.333. The molecule has 0 bridgehead atoms. The molecule has 0 atom stereocenters.